The zero-order valence-electron chi connectivity index (χ0n) is 13.6. The molecule has 2 fully saturated rings. The molecule has 1 N–H and O–H groups in total. The molecule has 3 nitrogen and oxygen atoms in total. The van der Waals surface area contributed by atoms with E-state index in [2.05, 4.69) is 47.5 Å². The van der Waals surface area contributed by atoms with Gasteiger partial charge in [0.05, 0.1) is 0 Å². The van der Waals surface area contributed by atoms with Crippen molar-refractivity contribution in [3.63, 3.8) is 0 Å². The van der Waals surface area contributed by atoms with Crippen molar-refractivity contribution in [3.05, 3.63) is 35.9 Å². The molecular formula is C19H28N2O. The first kappa shape index (κ1) is 15.5. The Morgan fingerprint density at radius 1 is 1.18 bits per heavy atom. The molecule has 3 rings (SSSR count). The summed E-state index contributed by atoms with van der Waals surface area (Å²) in [6, 6.07) is 11.0. The Balaban J connectivity index is 1.53. The average Bonchev–Trinajstić information content (AvgIpc) is 2.96. The van der Waals surface area contributed by atoms with E-state index in [1.165, 1.54) is 18.4 Å². The van der Waals surface area contributed by atoms with Gasteiger partial charge in [-0.05, 0) is 57.2 Å². The smallest absolute Gasteiger partial charge is 0.222 e. The number of likely N-dealkylation sites (tertiary alicyclic amines) is 1. The molecular weight excluding hydrogens is 272 g/mol. The number of amides is 1. The predicted octanol–water partition coefficient (Wildman–Crippen LogP) is 3.17. The number of nitrogens with zero attached hydrogens (tertiary/aromatic N) is 1. The maximum Gasteiger partial charge on any atom is 0.222 e. The summed E-state index contributed by atoms with van der Waals surface area (Å²) in [5, 5.41) is 3.39. The monoisotopic (exact) mass is 300 g/mol. The van der Waals surface area contributed by atoms with Gasteiger partial charge in [0, 0.05) is 24.9 Å². The first-order chi connectivity index (χ1) is 10.8. The first-order valence-corrected chi connectivity index (χ1v) is 8.81. The number of benzene rings is 1. The normalized spacial score (nSPS) is 26.3. The number of nitrogens with one attached hydrogen (secondary N) is 1. The standard InChI is InChI=1S/C19H28N2O/c1-15-18(17-5-3-2-4-6-17)11-14-21(15)19(22)8-7-16-9-12-20-13-10-16/h2-6,15-16,18,20H,7-14H2,1H3. The van der Waals surface area contributed by atoms with E-state index in [1.54, 1.807) is 0 Å². The largest absolute Gasteiger partial charge is 0.339 e. The fourth-order valence-electron chi connectivity index (χ4n) is 4.08. The van der Waals surface area contributed by atoms with Crippen molar-refractivity contribution < 1.29 is 4.79 Å². The number of hydrogen-bond acceptors (Lipinski definition) is 2. The van der Waals surface area contributed by atoms with E-state index in [9.17, 15) is 4.79 Å². The van der Waals surface area contributed by atoms with Gasteiger partial charge in [-0.15, -0.1) is 0 Å². The molecule has 0 saturated carbocycles. The second-order valence-corrected chi connectivity index (χ2v) is 6.87. The Morgan fingerprint density at radius 3 is 2.64 bits per heavy atom. The highest BCUT2D eigenvalue weighted by Crippen LogP contribution is 2.33. The summed E-state index contributed by atoms with van der Waals surface area (Å²) in [5.74, 6) is 1.61. The van der Waals surface area contributed by atoms with Gasteiger partial charge in [-0.1, -0.05) is 30.3 Å². The van der Waals surface area contributed by atoms with Crippen LogP contribution in [0.25, 0.3) is 0 Å². The van der Waals surface area contributed by atoms with Crippen LogP contribution in [0.2, 0.25) is 0 Å². The van der Waals surface area contributed by atoms with E-state index < -0.39 is 0 Å². The lowest BCUT2D eigenvalue weighted by Gasteiger charge is -2.27. The molecule has 0 radical (unpaired) electrons. The van der Waals surface area contributed by atoms with E-state index in [0.717, 1.165) is 44.8 Å². The minimum Gasteiger partial charge on any atom is -0.339 e. The van der Waals surface area contributed by atoms with Crippen LogP contribution < -0.4 is 5.32 Å². The maximum absolute atomic E-state index is 12.6. The molecule has 0 aromatic heterocycles. The van der Waals surface area contributed by atoms with Crippen LogP contribution >= 0.6 is 0 Å². The Morgan fingerprint density at radius 2 is 1.91 bits per heavy atom. The van der Waals surface area contributed by atoms with E-state index in [0.29, 0.717) is 17.9 Å². The molecule has 2 heterocycles. The Bertz CT molecular complexity index is 481. The quantitative estimate of drug-likeness (QED) is 0.926. The van der Waals surface area contributed by atoms with Crippen LogP contribution in [0.4, 0.5) is 0 Å². The minimum atomic E-state index is 0.336. The molecule has 2 aliphatic heterocycles. The second kappa shape index (κ2) is 7.28. The van der Waals surface area contributed by atoms with Crippen LogP contribution in [0.1, 0.15) is 50.5 Å². The van der Waals surface area contributed by atoms with E-state index in [-0.39, 0.29) is 0 Å². The number of carbonyl (C=O) groups excluding carboxylic acids is 1. The molecule has 1 amide bonds. The molecule has 0 aliphatic carbocycles. The van der Waals surface area contributed by atoms with Crippen molar-refractivity contribution in [3.8, 4) is 0 Å². The fourth-order valence-corrected chi connectivity index (χ4v) is 4.08. The van der Waals surface area contributed by atoms with Crippen molar-refractivity contribution in [1.29, 1.82) is 0 Å². The molecule has 2 saturated heterocycles. The van der Waals surface area contributed by atoms with Crippen LogP contribution in [0.5, 0.6) is 0 Å². The summed E-state index contributed by atoms with van der Waals surface area (Å²) in [6.45, 7) is 5.38. The number of rotatable bonds is 4. The highest BCUT2D eigenvalue weighted by atomic mass is 16.2. The minimum absolute atomic E-state index is 0.336. The van der Waals surface area contributed by atoms with Gasteiger partial charge in [-0.25, -0.2) is 0 Å². The van der Waals surface area contributed by atoms with Crippen molar-refractivity contribution in [2.45, 2.75) is 51.0 Å². The molecule has 0 spiro atoms. The molecule has 120 valence electrons. The summed E-state index contributed by atoms with van der Waals surface area (Å²) >= 11 is 0. The van der Waals surface area contributed by atoms with Crippen LogP contribution in [0.3, 0.4) is 0 Å². The van der Waals surface area contributed by atoms with Crippen LogP contribution in [-0.4, -0.2) is 36.5 Å². The topological polar surface area (TPSA) is 32.3 Å². The summed E-state index contributed by atoms with van der Waals surface area (Å²) in [5.41, 5.74) is 1.38. The third kappa shape index (κ3) is 3.52. The molecule has 3 heteroatoms. The zero-order chi connectivity index (χ0) is 15.4. The summed E-state index contributed by atoms with van der Waals surface area (Å²) < 4.78 is 0. The summed E-state index contributed by atoms with van der Waals surface area (Å²) in [7, 11) is 0. The summed E-state index contributed by atoms with van der Waals surface area (Å²) in [6.07, 6.45) is 5.37. The molecule has 2 atom stereocenters. The molecule has 1 aromatic carbocycles. The van der Waals surface area contributed by atoms with Gasteiger partial charge < -0.3 is 10.2 Å². The number of carbonyl (C=O) groups is 1. The molecule has 22 heavy (non-hydrogen) atoms. The average molecular weight is 300 g/mol. The van der Waals surface area contributed by atoms with Crippen molar-refractivity contribution in [2.75, 3.05) is 19.6 Å². The van der Waals surface area contributed by atoms with Gasteiger partial charge in [0.25, 0.3) is 0 Å². The Hall–Kier alpha value is -1.35. The maximum atomic E-state index is 12.6. The van der Waals surface area contributed by atoms with Gasteiger partial charge in [-0.3, -0.25) is 4.79 Å². The van der Waals surface area contributed by atoms with Crippen molar-refractivity contribution in [1.82, 2.24) is 10.2 Å². The highest BCUT2D eigenvalue weighted by Gasteiger charge is 2.34. The van der Waals surface area contributed by atoms with E-state index in [1.807, 2.05) is 0 Å². The number of piperidine rings is 1. The van der Waals surface area contributed by atoms with Gasteiger partial charge in [0.2, 0.25) is 5.91 Å². The molecule has 2 aliphatic rings. The predicted molar refractivity (Wildman–Crippen MR) is 89.8 cm³/mol. The summed E-state index contributed by atoms with van der Waals surface area (Å²) in [4.78, 5) is 14.7. The van der Waals surface area contributed by atoms with Crippen LogP contribution in [0.15, 0.2) is 30.3 Å². The van der Waals surface area contributed by atoms with Crippen LogP contribution in [-0.2, 0) is 4.79 Å². The third-order valence-electron chi connectivity index (χ3n) is 5.53. The second-order valence-electron chi connectivity index (χ2n) is 6.87. The van der Waals surface area contributed by atoms with Gasteiger partial charge in [0.1, 0.15) is 0 Å². The number of hydrogen-bond donors (Lipinski definition) is 1. The molecule has 0 bridgehead atoms. The van der Waals surface area contributed by atoms with Gasteiger partial charge >= 0.3 is 0 Å². The lowest BCUT2D eigenvalue weighted by Crippen LogP contribution is -2.36. The SMILES string of the molecule is CC1C(c2ccccc2)CCN1C(=O)CCC1CCNCC1. The first-order valence-electron chi connectivity index (χ1n) is 8.81. The Labute approximate surface area is 134 Å². The van der Waals surface area contributed by atoms with Crippen molar-refractivity contribution in [2.24, 2.45) is 5.92 Å². The third-order valence-corrected chi connectivity index (χ3v) is 5.53. The van der Waals surface area contributed by atoms with E-state index in [4.69, 9.17) is 0 Å². The van der Waals surface area contributed by atoms with E-state index >= 15 is 0 Å². The van der Waals surface area contributed by atoms with Gasteiger partial charge in [-0.2, -0.15) is 0 Å². The van der Waals surface area contributed by atoms with Crippen LogP contribution in [0, 0.1) is 5.92 Å². The van der Waals surface area contributed by atoms with Gasteiger partial charge in [0.15, 0.2) is 0 Å². The lowest BCUT2D eigenvalue weighted by atomic mass is 9.92. The zero-order valence-corrected chi connectivity index (χ0v) is 13.6. The molecule has 1 aromatic rings. The fraction of sp³-hybridized carbons (Fsp3) is 0.632. The Kier molecular flexibility index (Phi) is 5.14. The highest BCUT2D eigenvalue weighted by molar-refractivity contribution is 5.77. The molecule has 2 unspecified atom stereocenters. The lowest BCUT2D eigenvalue weighted by molar-refractivity contribution is -0.132. The van der Waals surface area contributed by atoms with Crippen molar-refractivity contribution >= 4 is 5.91 Å².